The molecular formula is C19H38N2. The van der Waals surface area contributed by atoms with Gasteiger partial charge in [0.1, 0.15) is 0 Å². The Morgan fingerprint density at radius 2 is 1.67 bits per heavy atom. The van der Waals surface area contributed by atoms with E-state index in [1.54, 1.807) is 0 Å². The molecule has 0 aromatic carbocycles. The van der Waals surface area contributed by atoms with Gasteiger partial charge in [0.05, 0.1) is 0 Å². The Hall–Kier alpha value is -0.0800. The summed E-state index contributed by atoms with van der Waals surface area (Å²) in [5.74, 6) is 0.879. The molecule has 0 heterocycles. The highest BCUT2D eigenvalue weighted by atomic mass is 15.2. The van der Waals surface area contributed by atoms with Gasteiger partial charge in [0.15, 0.2) is 0 Å². The van der Waals surface area contributed by atoms with Gasteiger partial charge in [-0.2, -0.15) is 0 Å². The van der Waals surface area contributed by atoms with E-state index in [9.17, 15) is 0 Å². The van der Waals surface area contributed by atoms with Crippen LogP contribution in [-0.2, 0) is 0 Å². The van der Waals surface area contributed by atoms with E-state index in [2.05, 4.69) is 45.0 Å². The first-order valence-corrected chi connectivity index (χ1v) is 9.40. The fourth-order valence-corrected chi connectivity index (χ4v) is 4.81. The van der Waals surface area contributed by atoms with Crippen LogP contribution in [0.4, 0.5) is 0 Å². The van der Waals surface area contributed by atoms with E-state index >= 15 is 0 Å². The number of hydrogen-bond acceptors (Lipinski definition) is 2. The first kappa shape index (κ1) is 17.3. The summed E-state index contributed by atoms with van der Waals surface area (Å²) in [6.07, 6.45) is 11.3. The van der Waals surface area contributed by atoms with Crippen molar-refractivity contribution >= 4 is 0 Å². The van der Waals surface area contributed by atoms with Gasteiger partial charge in [0.25, 0.3) is 0 Å². The molecule has 2 aliphatic carbocycles. The lowest BCUT2D eigenvalue weighted by molar-refractivity contribution is 0.0267. The molecule has 0 aromatic heterocycles. The van der Waals surface area contributed by atoms with Crippen LogP contribution in [0.3, 0.4) is 0 Å². The number of nitrogens with zero attached hydrogens (tertiary/aromatic N) is 1. The normalized spacial score (nSPS) is 32.6. The van der Waals surface area contributed by atoms with Crippen LogP contribution in [-0.4, -0.2) is 36.6 Å². The number of hydrogen-bond donors (Lipinski definition) is 1. The number of likely N-dealkylation sites (N-methyl/N-ethyl adjacent to an activating group) is 2. The van der Waals surface area contributed by atoms with Crippen molar-refractivity contribution in [2.45, 2.75) is 97.2 Å². The topological polar surface area (TPSA) is 15.3 Å². The molecule has 0 spiro atoms. The van der Waals surface area contributed by atoms with Gasteiger partial charge in [-0.1, -0.05) is 47.0 Å². The molecule has 0 amide bonds. The summed E-state index contributed by atoms with van der Waals surface area (Å²) in [6.45, 7) is 10.9. The third-order valence-corrected chi connectivity index (χ3v) is 6.25. The van der Waals surface area contributed by atoms with Gasteiger partial charge in [-0.25, -0.2) is 0 Å². The molecule has 0 radical (unpaired) electrons. The van der Waals surface area contributed by atoms with E-state index in [0.717, 1.165) is 18.0 Å². The van der Waals surface area contributed by atoms with Gasteiger partial charge in [0.2, 0.25) is 0 Å². The molecule has 124 valence electrons. The van der Waals surface area contributed by atoms with E-state index < -0.39 is 0 Å². The Balaban J connectivity index is 2.10. The molecule has 2 saturated carbocycles. The summed E-state index contributed by atoms with van der Waals surface area (Å²) >= 11 is 0. The average Bonchev–Trinajstić information content (AvgIpc) is 2.48. The standard InChI is InChI=1S/C19H38N2/c1-6-21(16-10-8-7-9-11-16)18-14-15(19(2,3)4)12-13-17(18)20-5/h15-18,20H,6-14H2,1-5H3. The first-order chi connectivity index (χ1) is 9.97. The van der Waals surface area contributed by atoms with Crippen molar-refractivity contribution in [3.8, 4) is 0 Å². The first-order valence-electron chi connectivity index (χ1n) is 9.40. The molecule has 3 unspecified atom stereocenters. The molecule has 21 heavy (non-hydrogen) atoms. The second-order valence-corrected chi connectivity index (χ2v) is 8.46. The summed E-state index contributed by atoms with van der Waals surface area (Å²) in [6, 6.07) is 2.30. The molecule has 0 aromatic rings. The van der Waals surface area contributed by atoms with Gasteiger partial charge >= 0.3 is 0 Å². The van der Waals surface area contributed by atoms with Gasteiger partial charge < -0.3 is 5.32 Å². The number of nitrogens with one attached hydrogen (secondary N) is 1. The maximum Gasteiger partial charge on any atom is 0.0254 e. The molecule has 2 fully saturated rings. The average molecular weight is 295 g/mol. The van der Waals surface area contributed by atoms with Crippen LogP contribution in [0.1, 0.15) is 79.1 Å². The highest BCUT2D eigenvalue weighted by Crippen LogP contribution is 2.40. The number of rotatable bonds is 4. The van der Waals surface area contributed by atoms with E-state index in [0.29, 0.717) is 11.5 Å². The second kappa shape index (κ2) is 7.46. The molecule has 2 nitrogen and oxygen atoms in total. The summed E-state index contributed by atoms with van der Waals surface area (Å²) in [5.41, 5.74) is 0.461. The minimum atomic E-state index is 0.461. The Morgan fingerprint density at radius 3 is 2.19 bits per heavy atom. The molecule has 2 aliphatic rings. The Bertz CT molecular complexity index is 301. The van der Waals surface area contributed by atoms with Crippen molar-refractivity contribution in [2.24, 2.45) is 11.3 Å². The summed E-state index contributed by atoms with van der Waals surface area (Å²) < 4.78 is 0. The molecule has 0 aliphatic heterocycles. The van der Waals surface area contributed by atoms with Gasteiger partial charge in [-0.15, -0.1) is 0 Å². The van der Waals surface area contributed by atoms with Crippen LogP contribution in [0.5, 0.6) is 0 Å². The quantitative estimate of drug-likeness (QED) is 0.824. The molecule has 0 saturated heterocycles. The molecular weight excluding hydrogens is 256 g/mol. The van der Waals surface area contributed by atoms with E-state index in [1.807, 2.05) is 0 Å². The summed E-state index contributed by atoms with van der Waals surface area (Å²) in [5, 5.41) is 3.64. The van der Waals surface area contributed by atoms with Gasteiger partial charge in [-0.3, -0.25) is 4.90 Å². The van der Waals surface area contributed by atoms with Crippen LogP contribution in [0, 0.1) is 11.3 Å². The van der Waals surface area contributed by atoms with Crippen LogP contribution in [0.25, 0.3) is 0 Å². The maximum absolute atomic E-state index is 3.64. The second-order valence-electron chi connectivity index (χ2n) is 8.46. The zero-order chi connectivity index (χ0) is 15.5. The summed E-state index contributed by atoms with van der Waals surface area (Å²) in [4.78, 5) is 2.87. The van der Waals surface area contributed by atoms with Crippen molar-refractivity contribution in [3.05, 3.63) is 0 Å². The lowest BCUT2D eigenvalue weighted by Crippen LogP contribution is -2.56. The summed E-state index contributed by atoms with van der Waals surface area (Å²) in [7, 11) is 2.17. The monoisotopic (exact) mass is 294 g/mol. The van der Waals surface area contributed by atoms with Crippen molar-refractivity contribution in [3.63, 3.8) is 0 Å². The molecule has 3 atom stereocenters. The van der Waals surface area contributed by atoms with Crippen LogP contribution >= 0.6 is 0 Å². The zero-order valence-corrected chi connectivity index (χ0v) is 15.1. The van der Waals surface area contributed by atoms with Crippen molar-refractivity contribution in [1.82, 2.24) is 10.2 Å². The molecule has 1 N–H and O–H groups in total. The van der Waals surface area contributed by atoms with Crippen LogP contribution < -0.4 is 5.32 Å². The van der Waals surface area contributed by atoms with E-state index in [1.165, 1.54) is 57.9 Å². The van der Waals surface area contributed by atoms with Crippen molar-refractivity contribution in [1.29, 1.82) is 0 Å². The molecule has 2 heteroatoms. The molecule has 0 bridgehead atoms. The van der Waals surface area contributed by atoms with Crippen LogP contribution in [0.15, 0.2) is 0 Å². The predicted molar refractivity (Wildman–Crippen MR) is 92.7 cm³/mol. The minimum Gasteiger partial charge on any atom is -0.315 e. The zero-order valence-electron chi connectivity index (χ0n) is 15.1. The highest BCUT2D eigenvalue weighted by molar-refractivity contribution is 4.95. The maximum atomic E-state index is 3.64. The smallest absolute Gasteiger partial charge is 0.0254 e. The highest BCUT2D eigenvalue weighted by Gasteiger charge is 2.39. The predicted octanol–water partition coefficient (Wildman–Crippen LogP) is 4.44. The van der Waals surface area contributed by atoms with Crippen molar-refractivity contribution < 1.29 is 0 Å². The molecule has 2 rings (SSSR count). The minimum absolute atomic E-state index is 0.461. The Labute approximate surface area is 133 Å². The Morgan fingerprint density at radius 1 is 1.00 bits per heavy atom. The third-order valence-electron chi connectivity index (χ3n) is 6.25. The lowest BCUT2D eigenvalue weighted by atomic mass is 9.69. The van der Waals surface area contributed by atoms with Crippen LogP contribution in [0.2, 0.25) is 0 Å². The largest absolute Gasteiger partial charge is 0.315 e. The van der Waals surface area contributed by atoms with Crippen molar-refractivity contribution in [2.75, 3.05) is 13.6 Å². The third kappa shape index (κ3) is 4.22. The Kier molecular flexibility index (Phi) is 6.14. The van der Waals surface area contributed by atoms with E-state index in [-0.39, 0.29) is 0 Å². The van der Waals surface area contributed by atoms with E-state index in [4.69, 9.17) is 0 Å². The lowest BCUT2D eigenvalue weighted by Gasteiger charge is -2.49. The fourth-order valence-electron chi connectivity index (χ4n) is 4.81. The SMILES string of the molecule is CCN(C1CCCCC1)C1CC(C(C)(C)C)CCC1NC. The van der Waals surface area contributed by atoms with Gasteiger partial charge in [0, 0.05) is 18.1 Å². The fraction of sp³-hybridized carbons (Fsp3) is 1.00. The van der Waals surface area contributed by atoms with Gasteiger partial charge in [-0.05, 0) is 57.0 Å².